The van der Waals surface area contributed by atoms with Crippen LogP contribution in [-0.4, -0.2) is 4.57 Å². The number of aromatic nitrogens is 1. The van der Waals surface area contributed by atoms with Crippen LogP contribution in [0, 0.1) is 0 Å². The maximum Gasteiger partial charge on any atom is 0.0547 e. The van der Waals surface area contributed by atoms with Crippen LogP contribution in [0.5, 0.6) is 0 Å². The van der Waals surface area contributed by atoms with Crippen LogP contribution in [0.25, 0.3) is 93.9 Å². The first-order valence-corrected chi connectivity index (χ1v) is 22.7. The van der Waals surface area contributed by atoms with Crippen LogP contribution in [0.3, 0.4) is 0 Å². The van der Waals surface area contributed by atoms with Crippen molar-refractivity contribution in [2.24, 2.45) is 0 Å². The lowest BCUT2D eigenvalue weighted by atomic mass is 9.88. The predicted molar refractivity (Wildman–Crippen MR) is 280 cm³/mol. The smallest absolute Gasteiger partial charge is 0.0547 e. The fourth-order valence-electron chi connectivity index (χ4n) is 9.98. The van der Waals surface area contributed by atoms with Crippen molar-refractivity contribution in [2.75, 3.05) is 4.90 Å². The molecule has 0 bridgehead atoms. The quantitative estimate of drug-likeness (QED) is 0.141. The molecule has 0 unspecified atom stereocenters. The van der Waals surface area contributed by atoms with Gasteiger partial charge in [-0.1, -0.05) is 206 Å². The van der Waals surface area contributed by atoms with Gasteiger partial charge >= 0.3 is 0 Å². The van der Waals surface area contributed by atoms with Gasteiger partial charge in [0.15, 0.2) is 0 Å². The molecule has 0 radical (unpaired) electrons. The van der Waals surface area contributed by atoms with Gasteiger partial charge in [-0.2, -0.15) is 0 Å². The van der Waals surface area contributed by atoms with Gasteiger partial charge in [0.25, 0.3) is 0 Å². The second kappa shape index (κ2) is 16.8. The van der Waals surface area contributed by atoms with E-state index in [4.69, 9.17) is 0 Å². The van der Waals surface area contributed by atoms with E-state index in [0.29, 0.717) is 0 Å². The number of hydrogen-bond donors (Lipinski definition) is 0. The lowest BCUT2D eigenvalue weighted by Crippen LogP contribution is -2.11. The zero-order valence-electron chi connectivity index (χ0n) is 36.3. The van der Waals surface area contributed by atoms with E-state index in [9.17, 15) is 0 Å². The molecule has 2 heteroatoms. The molecule has 1 heterocycles. The molecule has 0 fully saturated rings. The van der Waals surface area contributed by atoms with Gasteiger partial charge < -0.3 is 9.47 Å². The molecule has 1 aromatic heterocycles. The molecule has 310 valence electrons. The Morgan fingerprint density at radius 3 is 1.55 bits per heavy atom. The number of rotatable bonds is 9. The van der Waals surface area contributed by atoms with E-state index in [2.05, 4.69) is 276 Å². The number of fused-ring (bicyclic) bond motifs is 4. The van der Waals surface area contributed by atoms with E-state index in [1.165, 1.54) is 71.5 Å². The van der Waals surface area contributed by atoms with Gasteiger partial charge in [0, 0.05) is 33.4 Å². The molecule has 0 atom stereocenters. The minimum absolute atomic E-state index is 1.07. The molecule has 0 N–H and O–H groups in total. The van der Waals surface area contributed by atoms with Crippen LogP contribution in [0.1, 0.15) is 0 Å². The summed E-state index contributed by atoms with van der Waals surface area (Å²) in [4.78, 5) is 2.46. The van der Waals surface area contributed by atoms with Crippen molar-refractivity contribution in [3.8, 4) is 61.3 Å². The fourth-order valence-corrected chi connectivity index (χ4v) is 9.98. The van der Waals surface area contributed by atoms with Gasteiger partial charge in [-0.15, -0.1) is 0 Å². The van der Waals surface area contributed by atoms with Crippen LogP contribution >= 0.6 is 0 Å². The molecule has 66 heavy (non-hydrogen) atoms. The summed E-state index contributed by atoms with van der Waals surface area (Å²) in [5.74, 6) is 0. The molecular weight excluding hydrogens is 797 g/mol. The van der Waals surface area contributed by atoms with Crippen molar-refractivity contribution < 1.29 is 0 Å². The average molecular weight is 841 g/mol. The summed E-state index contributed by atoms with van der Waals surface area (Å²) in [7, 11) is 0. The fraction of sp³-hybridized carbons (Fsp3) is 0. The number of para-hydroxylation sites is 3. The normalized spacial score (nSPS) is 11.3. The third kappa shape index (κ3) is 6.93. The first-order chi connectivity index (χ1) is 32.8. The standard InChI is InChI=1S/C64H44N2/c1-3-21-46(22-4-1)54-30-9-10-31-56(54)57-32-11-12-33-58(57)59-34-13-15-37-61(59)65(52-28-17-24-48(43-52)49-41-40-45-20-7-8-23-47(45)42-49)53-29-18-25-50(44-53)55-36-19-39-63-64(55)60-35-14-16-38-62(60)66(63)51-26-5-2-6-27-51/h1-44H. The summed E-state index contributed by atoms with van der Waals surface area (Å²) < 4.78 is 2.40. The molecule has 12 rings (SSSR count). The molecule has 0 spiro atoms. The highest BCUT2D eigenvalue weighted by Crippen LogP contribution is 2.47. The molecule has 0 aliphatic carbocycles. The van der Waals surface area contributed by atoms with Crippen LogP contribution in [-0.2, 0) is 0 Å². The zero-order chi connectivity index (χ0) is 43.8. The van der Waals surface area contributed by atoms with Crippen molar-refractivity contribution >= 4 is 49.6 Å². The van der Waals surface area contributed by atoms with Crippen molar-refractivity contribution in [2.45, 2.75) is 0 Å². The molecule has 11 aromatic carbocycles. The van der Waals surface area contributed by atoms with Gasteiger partial charge in [-0.05, 0) is 122 Å². The maximum atomic E-state index is 2.46. The Morgan fingerprint density at radius 1 is 0.273 bits per heavy atom. The molecule has 0 saturated heterocycles. The molecule has 2 nitrogen and oxygen atoms in total. The first-order valence-electron chi connectivity index (χ1n) is 22.7. The van der Waals surface area contributed by atoms with E-state index in [1.807, 2.05) is 0 Å². The number of anilines is 3. The Labute approximate surface area is 385 Å². The number of benzene rings is 11. The van der Waals surface area contributed by atoms with Crippen molar-refractivity contribution in [1.29, 1.82) is 0 Å². The van der Waals surface area contributed by atoms with Crippen molar-refractivity contribution in [1.82, 2.24) is 4.57 Å². The highest BCUT2D eigenvalue weighted by molar-refractivity contribution is 6.16. The van der Waals surface area contributed by atoms with E-state index >= 15 is 0 Å². The molecule has 0 amide bonds. The largest absolute Gasteiger partial charge is 0.310 e. The SMILES string of the molecule is c1ccc(-c2ccccc2-c2ccccc2-c2ccccc2N(c2cccc(-c3ccc4ccccc4c3)c2)c2cccc(-c3cccc4c3c3ccccc3n4-c3ccccc3)c2)cc1. The summed E-state index contributed by atoms with van der Waals surface area (Å²) in [5, 5.41) is 4.94. The Balaban J connectivity index is 1.07. The minimum Gasteiger partial charge on any atom is -0.310 e. The van der Waals surface area contributed by atoms with E-state index in [1.54, 1.807) is 0 Å². The van der Waals surface area contributed by atoms with Gasteiger partial charge in [0.05, 0.1) is 16.7 Å². The van der Waals surface area contributed by atoms with Crippen molar-refractivity contribution in [3.05, 3.63) is 267 Å². The first kappa shape index (κ1) is 38.9. The maximum absolute atomic E-state index is 2.46. The Kier molecular flexibility index (Phi) is 9.89. The molecule has 12 aromatic rings. The van der Waals surface area contributed by atoms with Gasteiger partial charge in [0.2, 0.25) is 0 Å². The highest BCUT2D eigenvalue weighted by atomic mass is 15.1. The zero-order valence-corrected chi connectivity index (χ0v) is 36.3. The molecule has 0 aliphatic heterocycles. The van der Waals surface area contributed by atoms with Crippen LogP contribution < -0.4 is 4.90 Å². The van der Waals surface area contributed by atoms with Gasteiger partial charge in [-0.3, -0.25) is 0 Å². The van der Waals surface area contributed by atoms with Gasteiger partial charge in [-0.25, -0.2) is 0 Å². The lowest BCUT2D eigenvalue weighted by molar-refractivity contribution is 1.18. The minimum atomic E-state index is 1.07. The van der Waals surface area contributed by atoms with E-state index in [-0.39, 0.29) is 0 Å². The number of nitrogens with zero attached hydrogens (tertiary/aromatic N) is 2. The third-order valence-electron chi connectivity index (χ3n) is 13.0. The van der Waals surface area contributed by atoms with E-state index in [0.717, 1.165) is 39.4 Å². The van der Waals surface area contributed by atoms with Crippen LogP contribution in [0.4, 0.5) is 17.1 Å². The van der Waals surface area contributed by atoms with Crippen LogP contribution in [0.15, 0.2) is 267 Å². The Hall–Kier alpha value is -8.72. The highest BCUT2D eigenvalue weighted by Gasteiger charge is 2.22. The lowest BCUT2D eigenvalue weighted by Gasteiger charge is -2.29. The topological polar surface area (TPSA) is 8.17 Å². The number of hydrogen-bond acceptors (Lipinski definition) is 1. The summed E-state index contributed by atoms with van der Waals surface area (Å²) in [5.41, 5.74) is 18.5. The Morgan fingerprint density at radius 2 is 0.773 bits per heavy atom. The van der Waals surface area contributed by atoms with Crippen LogP contribution in [0.2, 0.25) is 0 Å². The Bertz CT molecular complexity index is 3710. The summed E-state index contributed by atoms with van der Waals surface area (Å²) in [6.07, 6.45) is 0. The van der Waals surface area contributed by atoms with E-state index < -0.39 is 0 Å². The summed E-state index contributed by atoms with van der Waals surface area (Å²) >= 11 is 0. The monoisotopic (exact) mass is 840 g/mol. The molecular formula is C64H44N2. The van der Waals surface area contributed by atoms with Gasteiger partial charge in [0.1, 0.15) is 0 Å². The van der Waals surface area contributed by atoms with Crippen molar-refractivity contribution in [3.63, 3.8) is 0 Å². The second-order valence-corrected chi connectivity index (χ2v) is 16.9. The second-order valence-electron chi connectivity index (χ2n) is 16.9. The third-order valence-corrected chi connectivity index (χ3v) is 13.0. The summed E-state index contributed by atoms with van der Waals surface area (Å²) in [6, 6.07) is 97.0. The molecule has 0 aliphatic rings. The summed E-state index contributed by atoms with van der Waals surface area (Å²) in [6.45, 7) is 0. The average Bonchev–Trinajstić information content (AvgIpc) is 3.74. The predicted octanol–water partition coefficient (Wildman–Crippen LogP) is 17.7. The molecule has 0 saturated carbocycles.